The van der Waals surface area contributed by atoms with Gasteiger partial charge in [0.05, 0.1) is 23.4 Å². The number of hydrogen-bond acceptors (Lipinski definition) is 6. The van der Waals surface area contributed by atoms with Gasteiger partial charge in [-0.1, -0.05) is 0 Å². The van der Waals surface area contributed by atoms with Crippen LogP contribution in [-0.4, -0.2) is 63.2 Å². The van der Waals surface area contributed by atoms with Crippen molar-refractivity contribution in [2.45, 2.75) is 39.2 Å². The van der Waals surface area contributed by atoms with Crippen LogP contribution in [-0.2, 0) is 19.4 Å². The molecule has 0 radical (unpaired) electrons. The molecule has 1 saturated heterocycles. The average molecular weight is 388 g/mol. The van der Waals surface area contributed by atoms with Crippen LogP contribution in [0.25, 0.3) is 0 Å². The smallest absolute Gasteiger partial charge is 0.267 e. The maximum atomic E-state index is 12.6. The molecule has 3 heterocycles. The second-order valence-corrected chi connectivity index (χ2v) is 8.14. The van der Waals surface area contributed by atoms with Crippen molar-refractivity contribution in [2.24, 2.45) is 0 Å². The third-order valence-corrected chi connectivity index (χ3v) is 6.42. The first-order valence-electron chi connectivity index (χ1n) is 9.63. The number of aryl methyl sites for hydroxylation is 3. The van der Waals surface area contributed by atoms with Gasteiger partial charge >= 0.3 is 0 Å². The molecule has 27 heavy (non-hydrogen) atoms. The Morgan fingerprint density at radius 2 is 1.93 bits per heavy atom. The SMILES string of the molecule is Cc1ncsc1C(=O)N1CCN(CCn2nc3c(cc2=O)CCCC3)CC1. The summed E-state index contributed by atoms with van der Waals surface area (Å²) in [5, 5.41) is 4.59. The van der Waals surface area contributed by atoms with Crippen LogP contribution in [0.5, 0.6) is 0 Å². The van der Waals surface area contributed by atoms with Gasteiger partial charge in [0.15, 0.2) is 0 Å². The molecule has 0 bridgehead atoms. The summed E-state index contributed by atoms with van der Waals surface area (Å²) in [5.41, 5.74) is 4.77. The zero-order valence-corrected chi connectivity index (χ0v) is 16.5. The van der Waals surface area contributed by atoms with Crippen LogP contribution < -0.4 is 5.56 Å². The third kappa shape index (κ3) is 3.96. The second-order valence-electron chi connectivity index (χ2n) is 7.29. The van der Waals surface area contributed by atoms with E-state index in [0.29, 0.717) is 19.6 Å². The van der Waals surface area contributed by atoms with E-state index in [1.54, 1.807) is 16.3 Å². The van der Waals surface area contributed by atoms with Crippen LogP contribution in [0.15, 0.2) is 16.4 Å². The number of piperazine rings is 1. The second kappa shape index (κ2) is 7.90. The molecule has 0 aromatic carbocycles. The van der Waals surface area contributed by atoms with Crippen molar-refractivity contribution in [1.82, 2.24) is 24.6 Å². The fraction of sp³-hybridized carbons (Fsp3) is 0.579. The largest absolute Gasteiger partial charge is 0.335 e. The zero-order valence-electron chi connectivity index (χ0n) is 15.7. The van der Waals surface area contributed by atoms with Gasteiger partial charge in [-0.05, 0) is 38.2 Å². The molecule has 1 fully saturated rings. The molecule has 2 aromatic rings. The molecule has 0 saturated carbocycles. The Hall–Kier alpha value is -2.06. The molecule has 2 aliphatic rings. The molecule has 7 nitrogen and oxygen atoms in total. The molecule has 0 unspecified atom stereocenters. The Balaban J connectivity index is 1.32. The number of thiazole rings is 1. The third-order valence-electron chi connectivity index (χ3n) is 5.50. The van der Waals surface area contributed by atoms with E-state index in [1.807, 2.05) is 11.8 Å². The minimum absolute atomic E-state index is 0.00475. The summed E-state index contributed by atoms with van der Waals surface area (Å²) in [6.45, 7) is 6.34. The number of nitrogens with zero attached hydrogens (tertiary/aromatic N) is 5. The number of hydrogen-bond donors (Lipinski definition) is 0. The Labute approximate surface area is 162 Å². The number of rotatable bonds is 4. The maximum absolute atomic E-state index is 12.6. The van der Waals surface area contributed by atoms with Crippen molar-refractivity contribution < 1.29 is 4.79 Å². The molecule has 2 aromatic heterocycles. The summed E-state index contributed by atoms with van der Waals surface area (Å²) in [4.78, 5) is 34.0. The lowest BCUT2D eigenvalue weighted by Crippen LogP contribution is -2.49. The van der Waals surface area contributed by atoms with Crippen molar-refractivity contribution in [2.75, 3.05) is 32.7 Å². The molecule has 0 N–H and O–H groups in total. The van der Waals surface area contributed by atoms with Gasteiger partial charge in [-0.2, -0.15) is 5.10 Å². The summed E-state index contributed by atoms with van der Waals surface area (Å²) < 4.78 is 1.61. The number of carbonyl (C=O) groups excluding carboxylic acids is 1. The summed E-state index contributed by atoms with van der Waals surface area (Å²) in [6, 6.07) is 1.77. The Morgan fingerprint density at radius 1 is 1.15 bits per heavy atom. The number of fused-ring (bicyclic) bond motifs is 1. The van der Waals surface area contributed by atoms with E-state index in [1.165, 1.54) is 11.3 Å². The Bertz CT molecular complexity index is 882. The van der Waals surface area contributed by atoms with Gasteiger partial charge in [-0.3, -0.25) is 14.5 Å². The molecule has 8 heteroatoms. The van der Waals surface area contributed by atoms with Gasteiger partial charge in [0.1, 0.15) is 4.88 Å². The minimum atomic E-state index is 0.00475. The topological polar surface area (TPSA) is 71.3 Å². The quantitative estimate of drug-likeness (QED) is 0.792. The fourth-order valence-electron chi connectivity index (χ4n) is 3.82. The molecule has 1 amide bonds. The Morgan fingerprint density at radius 3 is 2.67 bits per heavy atom. The van der Waals surface area contributed by atoms with E-state index < -0.39 is 0 Å². The van der Waals surface area contributed by atoms with Gasteiger partial charge in [-0.25, -0.2) is 9.67 Å². The van der Waals surface area contributed by atoms with Crippen LogP contribution in [0, 0.1) is 6.92 Å². The average Bonchev–Trinajstić information content (AvgIpc) is 3.12. The predicted molar refractivity (Wildman–Crippen MR) is 104 cm³/mol. The van der Waals surface area contributed by atoms with Gasteiger partial charge in [0.25, 0.3) is 11.5 Å². The molecule has 0 atom stereocenters. The first kappa shape index (κ1) is 18.3. The fourth-order valence-corrected chi connectivity index (χ4v) is 4.59. The number of amides is 1. The van der Waals surface area contributed by atoms with Crippen LogP contribution in [0.3, 0.4) is 0 Å². The van der Waals surface area contributed by atoms with Crippen molar-refractivity contribution >= 4 is 17.2 Å². The van der Waals surface area contributed by atoms with Crippen LogP contribution in [0.4, 0.5) is 0 Å². The molecular formula is C19H25N5O2S. The lowest BCUT2D eigenvalue weighted by atomic mass is 9.97. The number of carbonyl (C=O) groups is 1. The lowest BCUT2D eigenvalue weighted by molar-refractivity contribution is 0.0635. The van der Waals surface area contributed by atoms with Gasteiger partial charge < -0.3 is 4.90 Å². The first-order valence-corrected chi connectivity index (χ1v) is 10.5. The molecule has 1 aliphatic heterocycles. The van der Waals surface area contributed by atoms with Crippen LogP contribution in [0.2, 0.25) is 0 Å². The van der Waals surface area contributed by atoms with Crippen LogP contribution >= 0.6 is 11.3 Å². The zero-order chi connectivity index (χ0) is 18.8. The van der Waals surface area contributed by atoms with E-state index in [0.717, 1.165) is 67.1 Å². The van der Waals surface area contributed by atoms with Crippen molar-refractivity contribution in [1.29, 1.82) is 0 Å². The molecule has 0 spiro atoms. The van der Waals surface area contributed by atoms with Crippen molar-refractivity contribution in [3.05, 3.63) is 43.8 Å². The van der Waals surface area contributed by atoms with E-state index >= 15 is 0 Å². The maximum Gasteiger partial charge on any atom is 0.267 e. The predicted octanol–water partition coefficient (Wildman–Crippen LogP) is 1.35. The van der Waals surface area contributed by atoms with E-state index in [-0.39, 0.29) is 11.5 Å². The molecule has 144 valence electrons. The number of aromatic nitrogens is 3. The summed E-state index contributed by atoms with van der Waals surface area (Å²) in [7, 11) is 0. The van der Waals surface area contributed by atoms with Crippen molar-refractivity contribution in [3.63, 3.8) is 0 Å². The monoisotopic (exact) mass is 387 g/mol. The Kier molecular flexibility index (Phi) is 5.36. The van der Waals surface area contributed by atoms with Gasteiger partial charge in [0.2, 0.25) is 0 Å². The molecular weight excluding hydrogens is 362 g/mol. The first-order chi connectivity index (χ1) is 13.1. The normalized spacial score (nSPS) is 17.7. The van der Waals surface area contributed by atoms with Gasteiger partial charge in [-0.15, -0.1) is 11.3 Å². The summed E-state index contributed by atoms with van der Waals surface area (Å²) >= 11 is 1.41. The van der Waals surface area contributed by atoms with E-state index in [9.17, 15) is 9.59 Å². The van der Waals surface area contributed by atoms with Crippen molar-refractivity contribution in [3.8, 4) is 0 Å². The minimum Gasteiger partial charge on any atom is -0.335 e. The highest BCUT2D eigenvalue weighted by Crippen LogP contribution is 2.18. The lowest BCUT2D eigenvalue weighted by Gasteiger charge is -2.34. The summed E-state index contributed by atoms with van der Waals surface area (Å²) in [6.07, 6.45) is 4.27. The molecule has 1 aliphatic carbocycles. The standard InChI is InChI=1S/C19H25N5O2S/c1-14-18(27-13-20-14)19(26)23-9-6-22(7-10-23)8-11-24-17(25)12-15-4-2-3-5-16(15)21-24/h12-13H,2-11H2,1H3. The highest BCUT2D eigenvalue weighted by molar-refractivity contribution is 7.11. The van der Waals surface area contributed by atoms with Gasteiger partial charge in [0, 0.05) is 38.8 Å². The highest BCUT2D eigenvalue weighted by atomic mass is 32.1. The van der Waals surface area contributed by atoms with E-state index in [2.05, 4.69) is 15.0 Å². The summed E-state index contributed by atoms with van der Waals surface area (Å²) in [5.74, 6) is 0.0854. The van der Waals surface area contributed by atoms with Crippen LogP contribution in [0.1, 0.15) is 39.5 Å². The highest BCUT2D eigenvalue weighted by Gasteiger charge is 2.24. The van der Waals surface area contributed by atoms with E-state index in [4.69, 9.17) is 0 Å². The molecule has 4 rings (SSSR count).